The molecule has 2 rings (SSSR count). The number of benzene rings is 1. The van der Waals surface area contributed by atoms with E-state index in [-0.39, 0.29) is 17.8 Å². The maximum Gasteiger partial charge on any atom is 0.282 e. The minimum Gasteiger partial charge on any atom is -0.324 e. The van der Waals surface area contributed by atoms with Gasteiger partial charge >= 0.3 is 0 Å². The quantitative estimate of drug-likeness (QED) is 0.868. The number of nitrogens with one attached hydrogen (secondary N) is 2. The first-order valence-electron chi connectivity index (χ1n) is 7.36. The average Bonchev–Trinajstić information content (AvgIpc) is 2.36. The van der Waals surface area contributed by atoms with Gasteiger partial charge in [-0.15, -0.1) is 0 Å². The number of hydrogen-bond acceptors (Lipinski definition) is 1. The van der Waals surface area contributed by atoms with Crippen LogP contribution in [0.25, 0.3) is 0 Å². The fourth-order valence-corrected chi connectivity index (χ4v) is 3.19. The third kappa shape index (κ3) is 3.79. The van der Waals surface area contributed by atoms with Gasteiger partial charge in [0.1, 0.15) is 5.82 Å². The Morgan fingerprint density at radius 2 is 2.00 bits per heavy atom. The molecule has 1 fully saturated rings. The van der Waals surface area contributed by atoms with E-state index >= 15 is 0 Å². The van der Waals surface area contributed by atoms with E-state index in [9.17, 15) is 9.18 Å². The smallest absolute Gasteiger partial charge is 0.282 e. The number of amides is 1. The van der Waals surface area contributed by atoms with Crippen LogP contribution in [0.1, 0.15) is 27.2 Å². The predicted molar refractivity (Wildman–Crippen MR) is 78.1 cm³/mol. The van der Waals surface area contributed by atoms with Gasteiger partial charge in [-0.2, -0.15) is 0 Å². The van der Waals surface area contributed by atoms with Crippen molar-refractivity contribution in [1.82, 2.24) is 0 Å². The van der Waals surface area contributed by atoms with Gasteiger partial charge in [-0.1, -0.05) is 19.9 Å². The Bertz CT molecular complexity index is 467. The van der Waals surface area contributed by atoms with Crippen LogP contribution >= 0.6 is 0 Å². The molecule has 110 valence electrons. The zero-order chi connectivity index (χ0) is 14.7. The van der Waals surface area contributed by atoms with Crippen LogP contribution in [0.15, 0.2) is 24.3 Å². The molecule has 3 nitrogen and oxygen atoms in total. The fourth-order valence-electron chi connectivity index (χ4n) is 3.19. The minimum absolute atomic E-state index is 0.0353. The van der Waals surface area contributed by atoms with Gasteiger partial charge in [-0.25, -0.2) is 4.39 Å². The Kier molecular flexibility index (Phi) is 4.76. The summed E-state index contributed by atoms with van der Waals surface area (Å²) in [5.41, 5.74) is 0.527. The summed E-state index contributed by atoms with van der Waals surface area (Å²) in [5, 5.41) is 2.81. The monoisotopic (exact) mass is 279 g/mol. The lowest BCUT2D eigenvalue weighted by Gasteiger charge is -2.35. The van der Waals surface area contributed by atoms with E-state index in [1.165, 1.54) is 23.5 Å². The summed E-state index contributed by atoms with van der Waals surface area (Å²) in [6.07, 6.45) is 1.24. The molecule has 4 atom stereocenters. The summed E-state index contributed by atoms with van der Waals surface area (Å²) in [6.45, 7) is 8.50. The molecule has 0 aromatic heterocycles. The average molecular weight is 279 g/mol. The molecule has 0 saturated carbocycles. The first kappa shape index (κ1) is 15.0. The van der Waals surface area contributed by atoms with Crippen LogP contribution in [0.5, 0.6) is 0 Å². The van der Waals surface area contributed by atoms with Gasteiger partial charge in [0, 0.05) is 17.5 Å². The van der Waals surface area contributed by atoms with E-state index in [0.29, 0.717) is 17.5 Å². The molecule has 1 aliphatic rings. The summed E-state index contributed by atoms with van der Waals surface area (Å²) in [6, 6.07) is 5.93. The highest BCUT2D eigenvalue weighted by Gasteiger charge is 2.32. The van der Waals surface area contributed by atoms with E-state index in [4.69, 9.17) is 0 Å². The van der Waals surface area contributed by atoms with Crippen LogP contribution in [-0.2, 0) is 4.79 Å². The highest BCUT2D eigenvalue weighted by molar-refractivity contribution is 5.93. The van der Waals surface area contributed by atoms with Crippen molar-refractivity contribution in [3.8, 4) is 0 Å². The molecule has 4 heteroatoms. The second-order valence-corrected chi connectivity index (χ2v) is 6.23. The second-order valence-electron chi connectivity index (χ2n) is 6.23. The van der Waals surface area contributed by atoms with E-state index in [0.717, 1.165) is 13.1 Å². The van der Waals surface area contributed by atoms with Gasteiger partial charge in [0.25, 0.3) is 5.91 Å². The molecule has 1 saturated heterocycles. The number of carbonyl (C=O) groups excluding carboxylic acids is 1. The summed E-state index contributed by atoms with van der Waals surface area (Å²) >= 11 is 0. The standard InChI is InChI=1S/C16H23FN2O/c1-11-7-12(2)10-19(9-11)13(3)16(20)18-15-6-4-5-14(17)8-15/h4-6,8,11-13H,7,9-10H2,1-3H3,(H,18,20)/p+1/t11-,12+,13-/m0/s1. The third-order valence-corrected chi connectivity index (χ3v) is 4.12. The van der Waals surface area contributed by atoms with Gasteiger partial charge in [0.05, 0.1) is 13.1 Å². The molecule has 1 aromatic rings. The summed E-state index contributed by atoms with van der Waals surface area (Å²) in [4.78, 5) is 13.6. The second kappa shape index (κ2) is 6.35. The van der Waals surface area contributed by atoms with E-state index in [1.807, 2.05) is 6.92 Å². The fraction of sp³-hybridized carbons (Fsp3) is 0.562. The molecule has 0 spiro atoms. The first-order valence-corrected chi connectivity index (χ1v) is 7.36. The molecule has 20 heavy (non-hydrogen) atoms. The number of piperidine rings is 1. The molecule has 2 N–H and O–H groups in total. The Hall–Kier alpha value is -1.42. The van der Waals surface area contributed by atoms with Crippen LogP contribution in [0, 0.1) is 17.7 Å². The van der Waals surface area contributed by atoms with Gasteiger partial charge in [-0.05, 0) is 31.5 Å². The molecule has 0 aliphatic carbocycles. The third-order valence-electron chi connectivity index (χ3n) is 4.12. The molecule has 0 radical (unpaired) electrons. The number of carbonyl (C=O) groups is 1. The van der Waals surface area contributed by atoms with Gasteiger partial charge in [0.15, 0.2) is 6.04 Å². The Morgan fingerprint density at radius 3 is 2.60 bits per heavy atom. The number of likely N-dealkylation sites (tertiary alicyclic amines) is 1. The normalized spacial score (nSPS) is 27.9. The van der Waals surface area contributed by atoms with Gasteiger partial charge in [0.2, 0.25) is 0 Å². The molecule has 1 aliphatic heterocycles. The maximum atomic E-state index is 13.1. The Morgan fingerprint density at radius 1 is 1.35 bits per heavy atom. The topological polar surface area (TPSA) is 33.5 Å². The first-order chi connectivity index (χ1) is 9.45. The van der Waals surface area contributed by atoms with Crippen molar-refractivity contribution in [2.24, 2.45) is 11.8 Å². The summed E-state index contributed by atoms with van der Waals surface area (Å²) in [5.74, 6) is 0.936. The van der Waals surface area contributed by atoms with Crippen LogP contribution in [0.4, 0.5) is 10.1 Å². The zero-order valence-corrected chi connectivity index (χ0v) is 12.4. The lowest BCUT2D eigenvalue weighted by atomic mass is 9.91. The van der Waals surface area contributed by atoms with Crippen LogP contribution < -0.4 is 10.2 Å². The zero-order valence-electron chi connectivity index (χ0n) is 12.4. The van der Waals surface area contributed by atoms with Crippen molar-refractivity contribution in [2.45, 2.75) is 33.2 Å². The molecule has 1 heterocycles. The lowest BCUT2D eigenvalue weighted by molar-refractivity contribution is -0.925. The SMILES string of the molecule is C[C@@H]1C[C@H](C)C[NH+]([C@@H](C)C(=O)Nc2cccc(F)c2)C1. The molecule has 0 bridgehead atoms. The number of rotatable bonds is 3. The number of quaternary nitrogens is 1. The summed E-state index contributed by atoms with van der Waals surface area (Å²) in [7, 11) is 0. The summed E-state index contributed by atoms with van der Waals surface area (Å²) < 4.78 is 13.1. The van der Waals surface area contributed by atoms with E-state index in [2.05, 4.69) is 19.2 Å². The highest BCUT2D eigenvalue weighted by Crippen LogP contribution is 2.13. The van der Waals surface area contributed by atoms with Crippen LogP contribution in [-0.4, -0.2) is 25.0 Å². The largest absolute Gasteiger partial charge is 0.324 e. The van der Waals surface area contributed by atoms with E-state index < -0.39 is 0 Å². The van der Waals surface area contributed by atoms with Crippen LogP contribution in [0.2, 0.25) is 0 Å². The minimum atomic E-state index is -0.331. The Labute approximate surface area is 120 Å². The number of halogens is 1. The lowest BCUT2D eigenvalue weighted by Crippen LogP contribution is -3.18. The molecule has 1 amide bonds. The van der Waals surface area contributed by atoms with Gasteiger partial charge in [-0.3, -0.25) is 4.79 Å². The van der Waals surface area contributed by atoms with Crippen molar-refractivity contribution in [2.75, 3.05) is 18.4 Å². The maximum absolute atomic E-state index is 13.1. The van der Waals surface area contributed by atoms with Gasteiger partial charge < -0.3 is 10.2 Å². The molecular weight excluding hydrogens is 255 g/mol. The van der Waals surface area contributed by atoms with Crippen molar-refractivity contribution < 1.29 is 14.1 Å². The Balaban J connectivity index is 1.98. The molecule has 1 aromatic carbocycles. The number of anilines is 1. The molecule has 1 unspecified atom stereocenters. The number of hydrogen-bond donors (Lipinski definition) is 2. The van der Waals surface area contributed by atoms with Crippen molar-refractivity contribution in [3.63, 3.8) is 0 Å². The predicted octanol–water partition coefficient (Wildman–Crippen LogP) is 1.71. The van der Waals surface area contributed by atoms with E-state index in [1.54, 1.807) is 12.1 Å². The van der Waals surface area contributed by atoms with Crippen molar-refractivity contribution >= 4 is 11.6 Å². The molecular formula is C16H24FN2O+. The highest BCUT2D eigenvalue weighted by atomic mass is 19.1. The van der Waals surface area contributed by atoms with Crippen LogP contribution in [0.3, 0.4) is 0 Å². The van der Waals surface area contributed by atoms with Crippen molar-refractivity contribution in [1.29, 1.82) is 0 Å². The van der Waals surface area contributed by atoms with Crippen molar-refractivity contribution in [3.05, 3.63) is 30.1 Å².